The number of benzene rings is 2. The van der Waals surface area contributed by atoms with E-state index in [9.17, 15) is 9.59 Å². The van der Waals surface area contributed by atoms with Crippen LogP contribution >= 0.6 is 0 Å². The van der Waals surface area contributed by atoms with Crippen molar-refractivity contribution >= 4 is 5.97 Å². The van der Waals surface area contributed by atoms with Gasteiger partial charge in [-0.25, -0.2) is 9.78 Å². The highest BCUT2D eigenvalue weighted by molar-refractivity contribution is 5.89. The van der Waals surface area contributed by atoms with E-state index in [1.807, 2.05) is 68.5 Å². The Balaban J connectivity index is 1.84. The molecule has 1 aliphatic rings. The lowest BCUT2D eigenvalue weighted by Crippen LogP contribution is -2.28. The highest BCUT2D eigenvalue weighted by Crippen LogP contribution is 2.22. The highest BCUT2D eigenvalue weighted by atomic mass is 16.5. The molecule has 0 fully saturated rings. The lowest BCUT2D eigenvalue weighted by atomic mass is 10.1. The molecule has 0 bridgehead atoms. The smallest absolute Gasteiger partial charge is 0.350 e. The Hall–Kier alpha value is -3.47. The summed E-state index contributed by atoms with van der Waals surface area (Å²) >= 11 is 0. The first-order valence-corrected chi connectivity index (χ1v) is 10.2. The molecule has 30 heavy (non-hydrogen) atoms. The fraction of sp³-hybridized carbons (Fsp3) is 0.240. The number of allylic oxidation sites excluding steroid dienone is 2. The van der Waals surface area contributed by atoms with Crippen molar-refractivity contribution in [1.29, 1.82) is 0 Å². The van der Waals surface area contributed by atoms with Crippen LogP contribution in [0.1, 0.15) is 47.2 Å². The van der Waals surface area contributed by atoms with Crippen molar-refractivity contribution < 1.29 is 9.53 Å². The molecule has 152 valence electrons. The van der Waals surface area contributed by atoms with Crippen molar-refractivity contribution in [2.75, 3.05) is 0 Å². The van der Waals surface area contributed by atoms with Gasteiger partial charge in [0, 0.05) is 18.2 Å². The second kappa shape index (κ2) is 8.49. The molecule has 5 nitrogen and oxygen atoms in total. The second-order valence-corrected chi connectivity index (χ2v) is 7.58. The lowest BCUT2D eigenvalue weighted by molar-refractivity contribution is 0.0605. The van der Waals surface area contributed by atoms with Gasteiger partial charge in [0.1, 0.15) is 17.1 Å². The zero-order valence-corrected chi connectivity index (χ0v) is 17.2. The number of aromatic nitrogens is 2. The Bertz CT molecular complexity index is 1180. The number of nitrogens with zero attached hydrogens (tertiary/aromatic N) is 2. The molecule has 0 aliphatic heterocycles. The molecule has 4 rings (SSSR count). The predicted octanol–water partition coefficient (Wildman–Crippen LogP) is 5.13. The molecule has 1 aromatic heterocycles. The van der Waals surface area contributed by atoms with Gasteiger partial charge in [0.05, 0.1) is 5.69 Å². The summed E-state index contributed by atoms with van der Waals surface area (Å²) in [6.45, 7) is 4.01. The number of hydrogen-bond donors (Lipinski definition) is 0. The van der Waals surface area contributed by atoms with Crippen LogP contribution in [0, 0.1) is 13.8 Å². The molecule has 1 aliphatic carbocycles. The SMILES string of the molecule is Cc1ccc(-n2c(-c3ccccc3)ncc(C(=O)OC3=CCCCC3)c2=O)cc1C. The van der Waals surface area contributed by atoms with Crippen LogP contribution in [0.4, 0.5) is 0 Å². The molecule has 0 unspecified atom stereocenters. The largest absolute Gasteiger partial charge is 0.428 e. The number of carbonyl (C=O) groups excluding carboxylic acids is 1. The minimum absolute atomic E-state index is 0.0700. The first-order chi connectivity index (χ1) is 14.5. The average molecular weight is 400 g/mol. The van der Waals surface area contributed by atoms with Crippen LogP contribution in [0.15, 0.2) is 71.4 Å². The van der Waals surface area contributed by atoms with E-state index in [1.54, 1.807) is 0 Å². The zero-order valence-electron chi connectivity index (χ0n) is 17.2. The van der Waals surface area contributed by atoms with E-state index in [0.717, 1.165) is 36.0 Å². The van der Waals surface area contributed by atoms with Crippen LogP contribution in [0.3, 0.4) is 0 Å². The Labute approximate surface area is 175 Å². The van der Waals surface area contributed by atoms with Gasteiger partial charge in [-0.15, -0.1) is 0 Å². The maximum Gasteiger partial charge on any atom is 0.350 e. The third kappa shape index (κ3) is 3.96. The molecule has 2 aromatic carbocycles. The first kappa shape index (κ1) is 19.8. The van der Waals surface area contributed by atoms with E-state index in [2.05, 4.69) is 4.98 Å². The molecule has 0 atom stereocenters. The summed E-state index contributed by atoms with van der Waals surface area (Å²) in [6.07, 6.45) is 6.93. The molecule has 0 saturated carbocycles. The standard InChI is InChI=1S/C25H24N2O3/c1-17-13-14-20(15-18(17)2)27-23(19-9-5-3-6-10-19)26-16-22(24(27)28)25(29)30-21-11-7-4-8-12-21/h3,5-6,9-11,13-16H,4,7-8,12H2,1-2H3. The number of ether oxygens (including phenoxy) is 1. The average Bonchev–Trinajstić information content (AvgIpc) is 2.77. The van der Waals surface area contributed by atoms with Crippen molar-refractivity contribution in [2.45, 2.75) is 39.5 Å². The van der Waals surface area contributed by atoms with E-state index in [-0.39, 0.29) is 5.56 Å². The van der Waals surface area contributed by atoms with Gasteiger partial charge in [-0.1, -0.05) is 36.4 Å². The van der Waals surface area contributed by atoms with Crippen LogP contribution < -0.4 is 5.56 Å². The van der Waals surface area contributed by atoms with Gasteiger partial charge in [-0.2, -0.15) is 0 Å². The van der Waals surface area contributed by atoms with E-state index in [4.69, 9.17) is 4.74 Å². The normalized spacial score (nSPS) is 13.6. The lowest BCUT2D eigenvalue weighted by Gasteiger charge is -2.16. The second-order valence-electron chi connectivity index (χ2n) is 7.58. The van der Waals surface area contributed by atoms with E-state index in [0.29, 0.717) is 23.7 Å². The van der Waals surface area contributed by atoms with Crippen LogP contribution in [0.2, 0.25) is 0 Å². The van der Waals surface area contributed by atoms with Gasteiger partial charge in [-0.05, 0) is 62.4 Å². The first-order valence-electron chi connectivity index (χ1n) is 10.2. The number of rotatable bonds is 4. The van der Waals surface area contributed by atoms with Crippen molar-refractivity contribution in [3.05, 3.63) is 93.6 Å². The zero-order chi connectivity index (χ0) is 21.1. The summed E-state index contributed by atoms with van der Waals surface area (Å²) in [6, 6.07) is 15.2. The summed E-state index contributed by atoms with van der Waals surface area (Å²) < 4.78 is 7.00. The van der Waals surface area contributed by atoms with Crippen LogP contribution in [-0.4, -0.2) is 15.5 Å². The molecule has 0 amide bonds. The molecule has 0 N–H and O–H groups in total. The topological polar surface area (TPSA) is 61.2 Å². The number of esters is 1. The van der Waals surface area contributed by atoms with E-state index in [1.165, 1.54) is 10.8 Å². The Kier molecular flexibility index (Phi) is 5.61. The van der Waals surface area contributed by atoms with Gasteiger partial charge in [0.2, 0.25) is 0 Å². The predicted molar refractivity (Wildman–Crippen MR) is 117 cm³/mol. The number of aryl methyl sites for hydroxylation is 2. The summed E-state index contributed by atoms with van der Waals surface area (Å²) in [5, 5.41) is 0. The fourth-order valence-electron chi connectivity index (χ4n) is 3.57. The summed E-state index contributed by atoms with van der Waals surface area (Å²) in [5.41, 5.74) is 3.14. The van der Waals surface area contributed by atoms with Crippen LogP contribution in [0.5, 0.6) is 0 Å². The minimum atomic E-state index is -0.655. The third-order valence-corrected chi connectivity index (χ3v) is 5.43. The molecular formula is C25H24N2O3. The summed E-state index contributed by atoms with van der Waals surface area (Å²) in [5.74, 6) is 0.464. The van der Waals surface area contributed by atoms with Crippen molar-refractivity contribution in [1.82, 2.24) is 9.55 Å². The maximum atomic E-state index is 13.4. The molecule has 1 heterocycles. The highest BCUT2D eigenvalue weighted by Gasteiger charge is 2.21. The van der Waals surface area contributed by atoms with Gasteiger partial charge < -0.3 is 4.74 Å². The number of carbonyl (C=O) groups is 1. The summed E-state index contributed by atoms with van der Waals surface area (Å²) in [4.78, 5) is 30.7. The van der Waals surface area contributed by atoms with Crippen LogP contribution in [-0.2, 0) is 4.74 Å². The van der Waals surface area contributed by atoms with Gasteiger partial charge in [0.25, 0.3) is 5.56 Å². The Morgan fingerprint density at radius 2 is 1.83 bits per heavy atom. The molecule has 5 heteroatoms. The van der Waals surface area contributed by atoms with Crippen molar-refractivity contribution in [3.8, 4) is 17.1 Å². The third-order valence-electron chi connectivity index (χ3n) is 5.43. The van der Waals surface area contributed by atoms with Crippen molar-refractivity contribution in [3.63, 3.8) is 0 Å². The van der Waals surface area contributed by atoms with Gasteiger partial charge in [0.15, 0.2) is 0 Å². The van der Waals surface area contributed by atoms with E-state index < -0.39 is 11.5 Å². The minimum Gasteiger partial charge on any atom is -0.428 e. The maximum absolute atomic E-state index is 13.4. The fourth-order valence-corrected chi connectivity index (χ4v) is 3.57. The summed E-state index contributed by atoms with van der Waals surface area (Å²) in [7, 11) is 0. The van der Waals surface area contributed by atoms with Gasteiger partial charge in [-0.3, -0.25) is 9.36 Å². The molecule has 0 spiro atoms. The molecule has 3 aromatic rings. The molecule has 0 saturated heterocycles. The molecule has 0 radical (unpaired) electrons. The van der Waals surface area contributed by atoms with E-state index >= 15 is 0 Å². The van der Waals surface area contributed by atoms with Gasteiger partial charge >= 0.3 is 5.97 Å². The monoisotopic (exact) mass is 400 g/mol. The Morgan fingerprint density at radius 1 is 1.03 bits per heavy atom. The molecular weight excluding hydrogens is 376 g/mol. The van der Waals surface area contributed by atoms with Crippen LogP contribution in [0.25, 0.3) is 17.1 Å². The van der Waals surface area contributed by atoms with Crippen molar-refractivity contribution in [2.24, 2.45) is 0 Å². The number of hydrogen-bond acceptors (Lipinski definition) is 4. The quantitative estimate of drug-likeness (QED) is 0.570. The Morgan fingerprint density at radius 3 is 2.53 bits per heavy atom.